The molecule has 31 heavy (non-hydrogen) atoms. The molecule has 0 unspecified atom stereocenters. The number of benzene rings is 2. The SMILES string of the molecule is Cc1cc(C)c(N2C=C3C=CC4=CN(Cc5cccc(C(=O)O)c5)CN4N3C2)c(C)c1. The molecule has 3 aliphatic rings. The van der Waals surface area contributed by atoms with Gasteiger partial charge in [0.25, 0.3) is 0 Å². The summed E-state index contributed by atoms with van der Waals surface area (Å²) >= 11 is 0. The highest BCUT2D eigenvalue weighted by atomic mass is 16.4. The maximum Gasteiger partial charge on any atom is 0.335 e. The molecule has 0 fully saturated rings. The number of carbonyl (C=O) groups is 1. The fraction of sp³-hybridized carbons (Fsp3) is 0.240. The first kappa shape index (κ1) is 19.3. The third-order valence-electron chi connectivity index (χ3n) is 6.00. The Morgan fingerprint density at radius 2 is 1.61 bits per heavy atom. The van der Waals surface area contributed by atoms with E-state index < -0.39 is 5.97 Å². The molecule has 0 aromatic heterocycles. The second kappa shape index (κ2) is 7.23. The van der Waals surface area contributed by atoms with Crippen LogP contribution in [0.2, 0.25) is 0 Å². The Hall–Kier alpha value is -3.67. The summed E-state index contributed by atoms with van der Waals surface area (Å²) in [6, 6.07) is 11.6. The molecule has 2 aromatic carbocycles. The van der Waals surface area contributed by atoms with Gasteiger partial charge in [-0.1, -0.05) is 29.8 Å². The summed E-state index contributed by atoms with van der Waals surface area (Å²) in [7, 11) is 0. The van der Waals surface area contributed by atoms with E-state index in [1.54, 1.807) is 18.2 Å². The number of carboxylic acid groups (broad SMARTS) is 1. The quantitative estimate of drug-likeness (QED) is 0.804. The van der Waals surface area contributed by atoms with E-state index >= 15 is 0 Å². The number of hydrogen-bond acceptors (Lipinski definition) is 5. The molecule has 0 radical (unpaired) electrons. The van der Waals surface area contributed by atoms with E-state index in [0.29, 0.717) is 12.1 Å². The van der Waals surface area contributed by atoms with Crippen molar-refractivity contribution in [1.82, 2.24) is 14.9 Å². The summed E-state index contributed by atoms with van der Waals surface area (Å²) in [5.41, 5.74) is 8.77. The average molecular weight is 415 g/mol. The lowest BCUT2D eigenvalue weighted by molar-refractivity contribution is 0.0406. The fourth-order valence-corrected chi connectivity index (χ4v) is 4.80. The number of anilines is 1. The highest BCUT2D eigenvalue weighted by Crippen LogP contribution is 2.36. The summed E-state index contributed by atoms with van der Waals surface area (Å²) in [6.07, 6.45) is 8.67. The van der Waals surface area contributed by atoms with Gasteiger partial charge in [-0.05, 0) is 61.7 Å². The van der Waals surface area contributed by atoms with Crippen LogP contribution in [0.1, 0.15) is 32.6 Å². The van der Waals surface area contributed by atoms with Crippen LogP contribution in [0.3, 0.4) is 0 Å². The summed E-state index contributed by atoms with van der Waals surface area (Å²) < 4.78 is 0. The molecule has 0 amide bonds. The van der Waals surface area contributed by atoms with Crippen molar-refractivity contribution < 1.29 is 9.90 Å². The lowest BCUT2D eigenvalue weighted by Gasteiger charge is -2.37. The van der Waals surface area contributed by atoms with Gasteiger partial charge in [0.2, 0.25) is 0 Å². The predicted octanol–water partition coefficient (Wildman–Crippen LogP) is 4.33. The summed E-state index contributed by atoms with van der Waals surface area (Å²) in [5.74, 6) is -0.893. The third-order valence-corrected chi connectivity index (χ3v) is 6.00. The molecule has 1 N–H and O–H groups in total. The topological polar surface area (TPSA) is 50.3 Å². The number of nitrogens with zero attached hydrogens (tertiary/aromatic N) is 4. The number of hydrazine groups is 1. The number of hydrogen-bond donors (Lipinski definition) is 1. The Kier molecular flexibility index (Phi) is 4.50. The molecule has 0 atom stereocenters. The van der Waals surface area contributed by atoms with Crippen molar-refractivity contribution in [3.8, 4) is 0 Å². The van der Waals surface area contributed by atoms with Crippen molar-refractivity contribution in [3.63, 3.8) is 0 Å². The molecule has 3 heterocycles. The van der Waals surface area contributed by atoms with Gasteiger partial charge < -0.3 is 14.9 Å². The lowest BCUT2D eigenvalue weighted by Crippen LogP contribution is -2.43. The largest absolute Gasteiger partial charge is 0.478 e. The van der Waals surface area contributed by atoms with Crippen molar-refractivity contribution in [1.29, 1.82) is 0 Å². The fourth-order valence-electron chi connectivity index (χ4n) is 4.80. The van der Waals surface area contributed by atoms with Crippen molar-refractivity contribution in [2.24, 2.45) is 0 Å². The number of carboxylic acids is 1. The van der Waals surface area contributed by atoms with Crippen LogP contribution < -0.4 is 4.90 Å². The average Bonchev–Trinajstić information content (AvgIpc) is 3.30. The van der Waals surface area contributed by atoms with Crippen LogP contribution in [-0.4, -0.2) is 39.3 Å². The molecular weight excluding hydrogens is 388 g/mol. The number of fused-ring (bicyclic) bond motifs is 3. The Balaban J connectivity index is 1.34. The molecule has 2 aromatic rings. The molecule has 0 aliphatic carbocycles. The molecule has 0 saturated carbocycles. The normalized spacial score (nSPS) is 17.0. The van der Waals surface area contributed by atoms with Crippen molar-refractivity contribution in [3.05, 3.63) is 100 Å². The van der Waals surface area contributed by atoms with Crippen LogP contribution in [-0.2, 0) is 6.54 Å². The Bertz CT molecular complexity index is 1140. The number of allylic oxidation sites excluding steroid dienone is 2. The first-order chi connectivity index (χ1) is 14.9. The predicted molar refractivity (Wildman–Crippen MR) is 121 cm³/mol. The Morgan fingerprint density at radius 1 is 0.935 bits per heavy atom. The summed E-state index contributed by atoms with van der Waals surface area (Å²) in [6.45, 7) is 8.66. The zero-order chi connectivity index (χ0) is 21.7. The Morgan fingerprint density at radius 3 is 2.32 bits per heavy atom. The van der Waals surface area contributed by atoms with Gasteiger partial charge in [0.05, 0.1) is 17.0 Å². The molecule has 6 heteroatoms. The van der Waals surface area contributed by atoms with Gasteiger partial charge in [0.15, 0.2) is 0 Å². The monoisotopic (exact) mass is 414 g/mol. The highest BCUT2D eigenvalue weighted by Gasteiger charge is 2.34. The minimum Gasteiger partial charge on any atom is -0.478 e. The van der Waals surface area contributed by atoms with Crippen LogP contribution in [0.5, 0.6) is 0 Å². The third kappa shape index (κ3) is 3.44. The van der Waals surface area contributed by atoms with Gasteiger partial charge in [0.1, 0.15) is 13.3 Å². The van der Waals surface area contributed by atoms with Gasteiger partial charge in [0, 0.05) is 24.6 Å². The van der Waals surface area contributed by atoms with Crippen LogP contribution in [0.4, 0.5) is 5.69 Å². The van der Waals surface area contributed by atoms with E-state index in [0.717, 1.165) is 24.6 Å². The van der Waals surface area contributed by atoms with Gasteiger partial charge >= 0.3 is 5.97 Å². The number of aromatic carboxylic acids is 1. The van der Waals surface area contributed by atoms with Gasteiger partial charge in [-0.25, -0.2) is 4.79 Å². The smallest absolute Gasteiger partial charge is 0.335 e. The van der Waals surface area contributed by atoms with Crippen LogP contribution in [0, 0.1) is 20.8 Å². The van der Waals surface area contributed by atoms with E-state index in [1.165, 1.54) is 28.1 Å². The molecule has 3 aliphatic heterocycles. The van der Waals surface area contributed by atoms with Crippen LogP contribution in [0.15, 0.2) is 72.3 Å². The standard InChI is InChI=1S/C25H26N4O2/c1-17-9-18(2)24(19(3)10-17)27-14-23-8-7-22-13-26(15-28(22)29(23)16-27)12-20-5-4-6-21(11-20)25(30)31/h4-11,13-14H,12,15-16H2,1-3H3,(H,30,31). The van der Waals surface area contributed by atoms with E-state index in [-0.39, 0.29) is 0 Å². The van der Waals surface area contributed by atoms with E-state index in [4.69, 9.17) is 0 Å². The first-order valence-electron chi connectivity index (χ1n) is 10.5. The number of rotatable bonds is 4. The van der Waals surface area contributed by atoms with Crippen molar-refractivity contribution in [2.75, 3.05) is 18.2 Å². The molecule has 0 bridgehead atoms. The minimum atomic E-state index is -0.893. The van der Waals surface area contributed by atoms with Crippen molar-refractivity contribution >= 4 is 11.7 Å². The molecule has 0 spiro atoms. The summed E-state index contributed by atoms with van der Waals surface area (Å²) in [5, 5.41) is 13.8. The molecule has 6 nitrogen and oxygen atoms in total. The molecule has 5 rings (SSSR count). The summed E-state index contributed by atoms with van der Waals surface area (Å²) in [4.78, 5) is 15.8. The molecule has 158 valence electrons. The highest BCUT2D eigenvalue weighted by molar-refractivity contribution is 5.87. The van der Waals surface area contributed by atoms with E-state index in [9.17, 15) is 9.90 Å². The zero-order valence-electron chi connectivity index (χ0n) is 18.0. The van der Waals surface area contributed by atoms with Gasteiger partial charge in [-0.3, -0.25) is 10.0 Å². The van der Waals surface area contributed by atoms with E-state index in [1.807, 2.05) is 6.07 Å². The van der Waals surface area contributed by atoms with Crippen LogP contribution in [0.25, 0.3) is 0 Å². The molecular formula is C25H26N4O2. The second-order valence-corrected chi connectivity index (χ2v) is 8.49. The maximum atomic E-state index is 11.3. The zero-order valence-corrected chi connectivity index (χ0v) is 18.0. The van der Waals surface area contributed by atoms with E-state index in [2.05, 4.69) is 77.3 Å². The second-order valence-electron chi connectivity index (χ2n) is 8.49. The van der Waals surface area contributed by atoms with Gasteiger partial charge in [-0.2, -0.15) is 0 Å². The first-order valence-corrected chi connectivity index (χ1v) is 10.5. The lowest BCUT2D eigenvalue weighted by atomic mass is 10.0. The maximum absolute atomic E-state index is 11.3. The Labute approximate surface area is 182 Å². The minimum absolute atomic E-state index is 0.325. The van der Waals surface area contributed by atoms with Crippen LogP contribution >= 0.6 is 0 Å². The van der Waals surface area contributed by atoms with Gasteiger partial charge in [-0.15, -0.1) is 0 Å². The van der Waals surface area contributed by atoms with Crippen molar-refractivity contribution in [2.45, 2.75) is 27.3 Å². The number of aryl methyl sites for hydroxylation is 3. The molecule has 0 saturated heterocycles.